The van der Waals surface area contributed by atoms with Gasteiger partial charge in [0, 0.05) is 25.8 Å². The molecule has 9 heteroatoms. The lowest BCUT2D eigenvalue weighted by Gasteiger charge is -2.46. The first-order valence-corrected chi connectivity index (χ1v) is 9.89. The van der Waals surface area contributed by atoms with Crippen LogP contribution in [0.4, 0.5) is 18.0 Å². The largest absolute Gasteiger partial charge is 0.444 e. The monoisotopic (exact) mass is 417 g/mol. The van der Waals surface area contributed by atoms with E-state index < -0.39 is 29.5 Å². The zero-order chi connectivity index (χ0) is 21.8. The minimum atomic E-state index is -4.45. The number of aromatic nitrogens is 1. The highest BCUT2D eigenvalue weighted by Crippen LogP contribution is 2.32. The van der Waals surface area contributed by atoms with Crippen LogP contribution in [-0.2, 0) is 15.7 Å². The summed E-state index contributed by atoms with van der Waals surface area (Å²) in [6.45, 7) is 12.1. The number of hydrogen-bond donors (Lipinski definition) is 0. The molecule has 0 aliphatic carbocycles. The number of nitrogens with zero attached hydrogens (tertiary/aromatic N) is 3. The number of amides is 1. The summed E-state index contributed by atoms with van der Waals surface area (Å²) in [5.41, 5.74) is -1.05. The number of ether oxygens (including phenoxy) is 2. The highest BCUT2D eigenvalue weighted by atomic mass is 19.4. The third kappa shape index (κ3) is 6.05. The van der Waals surface area contributed by atoms with Crippen molar-refractivity contribution >= 4 is 6.09 Å². The predicted molar refractivity (Wildman–Crippen MR) is 102 cm³/mol. The van der Waals surface area contributed by atoms with E-state index in [1.807, 2.05) is 13.8 Å². The van der Waals surface area contributed by atoms with Crippen LogP contribution in [0.1, 0.15) is 51.9 Å². The van der Waals surface area contributed by atoms with Gasteiger partial charge in [0.2, 0.25) is 0 Å². The molecule has 1 unspecified atom stereocenters. The lowest BCUT2D eigenvalue weighted by atomic mass is 10.0. The van der Waals surface area contributed by atoms with E-state index in [-0.39, 0.29) is 6.04 Å². The molecule has 1 amide bonds. The third-order valence-electron chi connectivity index (χ3n) is 4.63. The maximum absolute atomic E-state index is 12.8. The van der Waals surface area contributed by atoms with Gasteiger partial charge in [0.1, 0.15) is 5.60 Å². The molecule has 2 fully saturated rings. The number of rotatable bonds is 2. The van der Waals surface area contributed by atoms with Gasteiger partial charge >= 0.3 is 12.3 Å². The van der Waals surface area contributed by atoms with Crippen molar-refractivity contribution in [1.82, 2.24) is 14.8 Å². The van der Waals surface area contributed by atoms with E-state index in [1.165, 1.54) is 6.07 Å². The van der Waals surface area contributed by atoms with Crippen LogP contribution in [0.3, 0.4) is 0 Å². The minimum Gasteiger partial charge on any atom is -0.444 e. The molecule has 1 atom stereocenters. The molecule has 0 aromatic carbocycles. The summed E-state index contributed by atoms with van der Waals surface area (Å²) >= 11 is 0. The van der Waals surface area contributed by atoms with Gasteiger partial charge < -0.3 is 9.47 Å². The topological polar surface area (TPSA) is 54.9 Å². The SMILES string of the molecule is CC.CC(C)(C)OC(=O)N1CCN(C2COC2)CC1c1ccc(C(F)(F)F)cn1. The van der Waals surface area contributed by atoms with Crippen LogP contribution < -0.4 is 0 Å². The van der Waals surface area contributed by atoms with Gasteiger partial charge in [-0.1, -0.05) is 13.8 Å². The molecule has 3 heterocycles. The van der Waals surface area contributed by atoms with Crippen molar-refractivity contribution in [3.05, 3.63) is 29.6 Å². The molecule has 2 aliphatic rings. The number of carbonyl (C=O) groups is 1. The summed E-state index contributed by atoms with van der Waals surface area (Å²) in [5.74, 6) is 0. The number of pyridine rings is 1. The normalized spacial score (nSPS) is 21.1. The van der Waals surface area contributed by atoms with Crippen LogP contribution in [0.25, 0.3) is 0 Å². The van der Waals surface area contributed by atoms with Crippen molar-refractivity contribution in [3.63, 3.8) is 0 Å². The van der Waals surface area contributed by atoms with E-state index in [4.69, 9.17) is 9.47 Å². The smallest absolute Gasteiger partial charge is 0.417 e. The molecular formula is C20H30F3N3O3. The Morgan fingerprint density at radius 1 is 1.17 bits per heavy atom. The van der Waals surface area contributed by atoms with Gasteiger partial charge in [0.25, 0.3) is 0 Å². The third-order valence-corrected chi connectivity index (χ3v) is 4.63. The molecule has 1 aromatic rings. The lowest BCUT2D eigenvalue weighted by Crippen LogP contribution is -2.58. The molecule has 29 heavy (non-hydrogen) atoms. The van der Waals surface area contributed by atoms with Crippen molar-refractivity contribution in [2.24, 2.45) is 0 Å². The zero-order valence-corrected chi connectivity index (χ0v) is 17.6. The minimum absolute atomic E-state index is 0.266. The standard InChI is InChI=1S/C18H24F3N3O3.C2H6/c1-17(2,3)27-16(25)24-7-6-23(13-10-26-11-13)9-15(24)14-5-4-12(8-22-14)18(19,20)21;1-2/h4-5,8,13,15H,6-7,9-11H2,1-3H3;1-2H3. The Labute approximate surface area is 170 Å². The highest BCUT2D eigenvalue weighted by molar-refractivity contribution is 5.69. The fourth-order valence-electron chi connectivity index (χ4n) is 3.13. The second-order valence-corrected chi connectivity index (χ2v) is 7.85. The van der Waals surface area contributed by atoms with Crippen LogP contribution in [-0.4, -0.2) is 65.4 Å². The number of piperazine rings is 1. The zero-order valence-electron chi connectivity index (χ0n) is 17.6. The average Bonchev–Trinajstić information content (AvgIpc) is 2.60. The predicted octanol–water partition coefficient (Wildman–Crippen LogP) is 4.12. The Morgan fingerprint density at radius 2 is 1.83 bits per heavy atom. The van der Waals surface area contributed by atoms with E-state index in [2.05, 4.69) is 9.88 Å². The van der Waals surface area contributed by atoms with E-state index in [1.54, 1.807) is 25.7 Å². The van der Waals surface area contributed by atoms with Crippen LogP contribution in [0.5, 0.6) is 0 Å². The molecule has 164 valence electrons. The van der Waals surface area contributed by atoms with E-state index in [0.29, 0.717) is 38.5 Å². The first-order chi connectivity index (χ1) is 13.5. The molecule has 1 aromatic heterocycles. The summed E-state index contributed by atoms with van der Waals surface area (Å²) in [6, 6.07) is 2.13. The Bertz CT molecular complexity index is 670. The summed E-state index contributed by atoms with van der Waals surface area (Å²) in [4.78, 5) is 20.4. The van der Waals surface area contributed by atoms with Gasteiger partial charge in [-0.15, -0.1) is 0 Å². The fraction of sp³-hybridized carbons (Fsp3) is 0.700. The molecule has 6 nitrogen and oxygen atoms in total. The van der Waals surface area contributed by atoms with Crippen LogP contribution in [0.2, 0.25) is 0 Å². The second kappa shape index (κ2) is 9.30. The molecule has 3 rings (SSSR count). The molecule has 0 N–H and O–H groups in total. The summed E-state index contributed by atoms with van der Waals surface area (Å²) in [7, 11) is 0. The maximum Gasteiger partial charge on any atom is 0.417 e. The average molecular weight is 417 g/mol. The molecular weight excluding hydrogens is 387 g/mol. The van der Waals surface area contributed by atoms with Crippen molar-refractivity contribution in [1.29, 1.82) is 0 Å². The number of hydrogen-bond acceptors (Lipinski definition) is 5. The van der Waals surface area contributed by atoms with Gasteiger partial charge in [-0.25, -0.2) is 4.79 Å². The van der Waals surface area contributed by atoms with Crippen molar-refractivity contribution in [2.75, 3.05) is 32.8 Å². The Balaban J connectivity index is 0.00000145. The number of carbonyl (C=O) groups excluding carboxylic acids is 1. The fourth-order valence-corrected chi connectivity index (χ4v) is 3.13. The van der Waals surface area contributed by atoms with E-state index in [9.17, 15) is 18.0 Å². The van der Waals surface area contributed by atoms with Crippen molar-refractivity contribution in [3.8, 4) is 0 Å². The van der Waals surface area contributed by atoms with Crippen LogP contribution in [0, 0.1) is 0 Å². The van der Waals surface area contributed by atoms with E-state index in [0.717, 1.165) is 12.3 Å². The molecule has 0 bridgehead atoms. The van der Waals surface area contributed by atoms with Crippen LogP contribution in [0.15, 0.2) is 18.3 Å². The quantitative estimate of drug-likeness (QED) is 0.725. The Morgan fingerprint density at radius 3 is 2.28 bits per heavy atom. The Hall–Kier alpha value is -1.87. The Kier molecular flexibility index (Phi) is 7.50. The number of alkyl halides is 3. The van der Waals surface area contributed by atoms with Crippen LogP contribution >= 0.6 is 0 Å². The van der Waals surface area contributed by atoms with Gasteiger partial charge in [-0.2, -0.15) is 13.2 Å². The second-order valence-electron chi connectivity index (χ2n) is 7.85. The van der Waals surface area contributed by atoms with Gasteiger partial charge in [0.05, 0.1) is 36.6 Å². The van der Waals surface area contributed by atoms with Gasteiger partial charge in [-0.3, -0.25) is 14.8 Å². The van der Waals surface area contributed by atoms with E-state index >= 15 is 0 Å². The summed E-state index contributed by atoms with van der Waals surface area (Å²) in [6.07, 6.45) is -4.12. The number of halogens is 3. The van der Waals surface area contributed by atoms with Crippen molar-refractivity contribution < 1.29 is 27.4 Å². The highest BCUT2D eigenvalue weighted by Gasteiger charge is 2.39. The maximum atomic E-state index is 12.8. The molecule has 0 spiro atoms. The van der Waals surface area contributed by atoms with Crippen molar-refractivity contribution in [2.45, 2.75) is 58.5 Å². The summed E-state index contributed by atoms with van der Waals surface area (Å²) in [5, 5.41) is 0. The lowest BCUT2D eigenvalue weighted by molar-refractivity contribution is -0.137. The molecule has 0 saturated carbocycles. The van der Waals surface area contributed by atoms with Gasteiger partial charge in [0.15, 0.2) is 0 Å². The first kappa shape index (κ1) is 23.4. The molecule has 2 saturated heterocycles. The summed E-state index contributed by atoms with van der Waals surface area (Å²) < 4.78 is 49.2. The van der Waals surface area contributed by atoms with Gasteiger partial charge in [-0.05, 0) is 32.9 Å². The molecule has 0 radical (unpaired) electrons. The first-order valence-electron chi connectivity index (χ1n) is 9.89. The molecule has 2 aliphatic heterocycles.